The summed E-state index contributed by atoms with van der Waals surface area (Å²) in [7, 11) is 0. The number of aryl methyl sites for hydroxylation is 1. The summed E-state index contributed by atoms with van der Waals surface area (Å²) >= 11 is 1.46. The Balaban J connectivity index is 1.87. The van der Waals surface area contributed by atoms with Crippen molar-refractivity contribution < 1.29 is 4.79 Å². The van der Waals surface area contributed by atoms with Gasteiger partial charge >= 0.3 is 0 Å². The predicted molar refractivity (Wildman–Crippen MR) is 91.5 cm³/mol. The Morgan fingerprint density at radius 1 is 1.43 bits per heavy atom. The lowest BCUT2D eigenvalue weighted by atomic mass is 9.93. The largest absolute Gasteiger partial charge is 0.316 e. The summed E-state index contributed by atoms with van der Waals surface area (Å²) in [6, 6.07) is 0. The standard InChI is InChI=1S/C16H21N5OS/c1-10-15(23-16(20-10)21-11(2)22)14-13(18-6-7-19-14)8-12-4-3-5-17-9-12/h6-7,12,17H,3-5,8-9H2,1-2H3,(H,20,21,22). The van der Waals surface area contributed by atoms with Gasteiger partial charge in [-0.1, -0.05) is 11.3 Å². The molecule has 0 aliphatic carbocycles. The normalized spacial score (nSPS) is 17.9. The van der Waals surface area contributed by atoms with Gasteiger partial charge in [-0.2, -0.15) is 0 Å². The molecule has 1 amide bonds. The Morgan fingerprint density at radius 2 is 2.26 bits per heavy atom. The van der Waals surface area contributed by atoms with Crippen LogP contribution in [0.3, 0.4) is 0 Å². The second-order valence-electron chi connectivity index (χ2n) is 5.88. The second kappa shape index (κ2) is 7.14. The van der Waals surface area contributed by atoms with E-state index in [9.17, 15) is 4.79 Å². The van der Waals surface area contributed by atoms with Crippen LogP contribution in [0.5, 0.6) is 0 Å². The number of hydrogen-bond acceptors (Lipinski definition) is 6. The summed E-state index contributed by atoms with van der Waals surface area (Å²) in [5, 5.41) is 6.80. The van der Waals surface area contributed by atoms with Gasteiger partial charge in [-0.25, -0.2) is 4.98 Å². The molecule has 3 heterocycles. The van der Waals surface area contributed by atoms with Crippen molar-refractivity contribution in [2.45, 2.75) is 33.1 Å². The zero-order valence-electron chi connectivity index (χ0n) is 13.4. The number of anilines is 1. The van der Waals surface area contributed by atoms with Gasteiger partial charge in [0.05, 0.1) is 16.3 Å². The van der Waals surface area contributed by atoms with Crippen molar-refractivity contribution in [2.24, 2.45) is 5.92 Å². The molecule has 1 fully saturated rings. The molecule has 1 aliphatic rings. The lowest BCUT2D eigenvalue weighted by molar-refractivity contribution is -0.114. The Labute approximate surface area is 139 Å². The Kier molecular flexibility index (Phi) is 4.97. The third-order valence-corrected chi connectivity index (χ3v) is 5.03. The van der Waals surface area contributed by atoms with Gasteiger partial charge in [0.15, 0.2) is 5.13 Å². The molecule has 122 valence electrons. The van der Waals surface area contributed by atoms with E-state index in [4.69, 9.17) is 0 Å². The average molecular weight is 331 g/mol. The maximum absolute atomic E-state index is 11.2. The van der Waals surface area contributed by atoms with Crippen molar-refractivity contribution in [3.63, 3.8) is 0 Å². The SMILES string of the molecule is CC(=O)Nc1nc(C)c(-c2nccnc2CC2CCCNC2)s1. The van der Waals surface area contributed by atoms with Crippen LogP contribution in [0.2, 0.25) is 0 Å². The van der Waals surface area contributed by atoms with E-state index in [0.29, 0.717) is 11.0 Å². The highest BCUT2D eigenvalue weighted by molar-refractivity contribution is 7.19. The smallest absolute Gasteiger partial charge is 0.223 e. The Bertz CT molecular complexity index is 694. The van der Waals surface area contributed by atoms with E-state index < -0.39 is 0 Å². The summed E-state index contributed by atoms with van der Waals surface area (Å²) in [6.07, 6.45) is 6.83. The first-order chi connectivity index (χ1) is 11.1. The van der Waals surface area contributed by atoms with E-state index in [0.717, 1.165) is 41.5 Å². The molecule has 2 N–H and O–H groups in total. The van der Waals surface area contributed by atoms with E-state index in [1.807, 2.05) is 6.92 Å². The average Bonchev–Trinajstić information content (AvgIpc) is 2.88. The first-order valence-electron chi connectivity index (χ1n) is 7.89. The molecule has 7 heteroatoms. The molecule has 0 radical (unpaired) electrons. The number of hydrogen-bond donors (Lipinski definition) is 2. The van der Waals surface area contributed by atoms with Crippen LogP contribution in [-0.2, 0) is 11.2 Å². The van der Waals surface area contributed by atoms with Crippen molar-refractivity contribution >= 4 is 22.4 Å². The maximum Gasteiger partial charge on any atom is 0.223 e. The molecule has 1 atom stereocenters. The van der Waals surface area contributed by atoms with Gasteiger partial charge in [-0.05, 0) is 45.2 Å². The first kappa shape index (κ1) is 16.0. The zero-order chi connectivity index (χ0) is 16.2. The number of nitrogens with one attached hydrogen (secondary N) is 2. The number of amides is 1. The van der Waals surface area contributed by atoms with Gasteiger partial charge < -0.3 is 10.6 Å². The van der Waals surface area contributed by atoms with Gasteiger partial charge in [-0.15, -0.1) is 0 Å². The lowest BCUT2D eigenvalue weighted by Gasteiger charge is -2.22. The van der Waals surface area contributed by atoms with E-state index in [-0.39, 0.29) is 5.91 Å². The van der Waals surface area contributed by atoms with Crippen LogP contribution in [0.25, 0.3) is 10.6 Å². The van der Waals surface area contributed by atoms with Crippen molar-refractivity contribution in [2.75, 3.05) is 18.4 Å². The fraction of sp³-hybridized carbons (Fsp3) is 0.500. The van der Waals surface area contributed by atoms with Crippen molar-refractivity contribution in [3.05, 3.63) is 23.8 Å². The van der Waals surface area contributed by atoms with Crippen molar-refractivity contribution in [1.29, 1.82) is 0 Å². The fourth-order valence-corrected chi connectivity index (χ4v) is 3.93. The molecule has 2 aromatic heterocycles. The van der Waals surface area contributed by atoms with Crippen LogP contribution >= 0.6 is 11.3 Å². The zero-order valence-corrected chi connectivity index (χ0v) is 14.2. The minimum atomic E-state index is -0.113. The van der Waals surface area contributed by atoms with E-state index in [2.05, 4.69) is 25.6 Å². The molecule has 1 saturated heterocycles. The molecule has 23 heavy (non-hydrogen) atoms. The molecule has 0 spiro atoms. The highest BCUT2D eigenvalue weighted by atomic mass is 32.1. The van der Waals surface area contributed by atoms with E-state index >= 15 is 0 Å². The molecule has 3 rings (SSSR count). The number of piperidine rings is 1. The summed E-state index contributed by atoms with van der Waals surface area (Å²) in [5.41, 5.74) is 2.79. The maximum atomic E-state index is 11.2. The van der Waals surface area contributed by atoms with Crippen molar-refractivity contribution in [3.8, 4) is 10.6 Å². The molecule has 0 aromatic carbocycles. The molecule has 0 saturated carbocycles. The van der Waals surface area contributed by atoms with Gasteiger partial charge in [-0.3, -0.25) is 14.8 Å². The predicted octanol–water partition coefficient (Wildman–Crippen LogP) is 2.41. The Hall–Kier alpha value is -1.86. The quantitative estimate of drug-likeness (QED) is 0.899. The van der Waals surface area contributed by atoms with Gasteiger partial charge in [0.25, 0.3) is 0 Å². The van der Waals surface area contributed by atoms with Crippen LogP contribution in [0.15, 0.2) is 12.4 Å². The lowest BCUT2D eigenvalue weighted by Crippen LogP contribution is -2.31. The van der Waals surface area contributed by atoms with Crippen LogP contribution < -0.4 is 10.6 Å². The number of thiazole rings is 1. The number of rotatable bonds is 4. The first-order valence-corrected chi connectivity index (χ1v) is 8.71. The third kappa shape index (κ3) is 3.92. The number of aromatic nitrogens is 3. The minimum Gasteiger partial charge on any atom is -0.316 e. The highest BCUT2D eigenvalue weighted by Gasteiger charge is 2.20. The minimum absolute atomic E-state index is 0.113. The topological polar surface area (TPSA) is 79.8 Å². The summed E-state index contributed by atoms with van der Waals surface area (Å²) < 4.78 is 0. The number of carbonyl (C=O) groups excluding carboxylic acids is 1. The molecule has 1 aliphatic heterocycles. The van der Waals surface area contributed by atoms with E-state index in [1.165, 1.54) is 31.1 Å². The molecule has 6 nitrogen and oxygen atoms in total. The van der Waals surface area contributed by atoms with Gasteiger partial charge in [0.1, 0.15) is 5.69 Å². The van der Waals surface area contributed by atoms with Crippen molar-refractivity contribution in [1.82, 2.24) is 20.3 Å². The fourth-order valence-electron chi connectivity index (χ4n) is 2.90. The molecule has 1 unspecified atom stereocenters. The van der Waals surface area contributed by atoms with Crippen LogP contribution in [0.1, 0.15) is 31.2 Å². The van der Waals surface area contributed by atoms with Crippen LogP contribution in [-0.4, -0.2) is 33.9 Å². The van der Waals surface area contributed by atoms with Gasteiger partial charge in [0, 0.05) is 19.3 Å². The summed E-state index contributed by atoms with van der Waals surface area (Å²) in [6.45, 7) is 5.57. The van der Waals surface area contributed by atoms with Crippen LogP contribution in [0, 0.1) is 12.8 Å². The highest BCUT2D eigenvalue weighted by Crippen LogP contribution is 2.33. The van der Waals surface area contributed by atoms with E-state index in [1.54, 1.807) is 12.4 Å². The van der Waals surface area contributed by atoms with Crippen LogP contribution in [0.4, 0.5) is 5.13 Å². The van der Waals surface area contributed by atoms with Gasteiger partial charge in [0.2, 0.25) is 5.91 Å². The number of nitrogens with zero attached hydrogens (tertiary/aromatic N) is 3. The Morgan fingerprint density at radius 3 is 3.00 bits per heavy atom. The number of carbonyl (C=O) groups is 1. The molecular formula is C16H21N5OS. The molecular weight excluding hydrogens is 310 g/mol. The third-order valence-electron chi connectivity index (χ3n) is 3.95. The summed E-state index contributed by atoms with van der Waals surface area (Å²) in [4.78, 5) is 25.7. The second-order valence-corrected chi connectivity index (χ2v) is 6.88. The molecule has 0 bridgehead atoms. The molecule has 2 aromatic rings. The summed E-state index contributed by atoms with van der Waals surface area (Å²) in [5.74, 6) is 0.486. The monoisotopic (exact) mass is 331 g/mol.